The molecule has 2 aromatic rings. The monoisotopic (exact) mass is 344 g/mol. The van der Waals surface area contributed by atoms with Crippen molar-refractivity contribution in [2.45, 2.75) is 12.5 Å². The molecule has 0 heterocycles. The summed E-state index contributed by atoms with van der Waals surface area (Å²) in [5.74, 6) is 1.23. The van der Waals surface area contributed by atoms with Gasteiger partial charge in [0, 0.05) is 20.6 Å². The number of alkyl halides is 1. The van der Waals surface area contributed by atoms with Crippen LogP contribution in [0.2, 0.25) is 5.02 Å². The first-order valence-corrected chi connectivity index (χ1v) is 7.12. The van der Waals surface area contributed by atoms with Gasteiger partial charge in [0.2, 0.25) is 0 Å². The molecule has 0 unspecified atom stereocenters. The number of para-hydroxylation sites is 1. The Morgan fingerprint density at radius 3 is 2.56 bits per heavy atom. The summed E-state index contributed by atoms with van der Waals surface area (Å²) in [6, 6.07) is 13.5. The lowest BCUT2D eigenvalue weighted by molar-refractivity contribution is 0.304. The SMILES string of the molecule is ClCc1ccccc1OCc1ccc(Br)cc1Cl. The van der Waals surface area contributed by atoms with Crippen LogP contribution >= 0.6 is 39.1 Å². The first-order chi connectivity index (χ1) is 8.70. The zero-order valence-corrected chi connectivity index (χ0v) is 12.6. The first kappa shape index (κ1) is 13.7. The Hall–Kier alpha value is -0.700. The fraction of sp³-hybridized carbons (Fsp3) is 0.143. The summed E-state index contributed by atoms with van der Waals surface area (Å²) in [5, 5.41) is 0.688. The molecule has 0 aliphatic heterocycles. The summed E-state index contributed by atoms with van der Waals surface area (Å²) in [6.45, 7) is 0.431. The van der Waals surface area contributed by atoms with Crippen molar-refractivity contribution < 1.29 is 4.74 Å². The second-order valence-corrected chi connectivity index (χ2v) is 5.36. The molecule has 0 saturated heterocycles. The third-order valence-electron chi connectivity index (χ3n) is 2.51. The molecular weight excluding hydrogens is 335 g/mol. The van der Waals surface area contributed by atoms with Crippen molar-refractivity contribution in [2.24, 2.45) is 0 Å². The van der Waals surface area contributed by atoms with Crippen LogP contribution in [-0.4, -0.2) is 0 Å². The minimum absolute atomic E-state index is 0.431. The summed E-state index contributed by atoms with van der Waals surface area (Å²) >= 11 is 15.4. The summed E-state index contributed by atoms with van der Waals surface area (Å²) < 4.78 is 6.71. The highest BCUT2D eigenvalue weighted by Crippen LogP contribution is 2.25. The van der Waals surface area contributed by atoms with Crippen LogP contribution in [0.4, 0.5) is 0 Å². The number of rotatable bonds is 4. The molecule has 2 aromatic carbocycles. The molecule has 0 radical (unpaired) electrons. The van der Waals surface area contributed by atoms with E-state index in [-0.39, 0.29) is 0 Å². The van der Waals surface area contributed by atoms with E-state index in [9.17, 15) is 0 Å². The van der Waals surface area contributed by atoms with Gasteiger partial charge in [-0.05, 0) is 18.2 Å². The highest BCUT2D eigenvalue weighted by molar-refractivity contribution is 9.10. The van der Waals surface area contributed by atoms with Crippen molar-refractivity contribution >= 4 is 39.1 Å². The van der Waals surface area contributed by atoms with Crippen LogP contribution in [0.15, 0.2) is 46.9 Å². The molecule has 0 aliphatic rings. The Balaban J connectivity index is 2.11. The maximum Gasteiger partial charge on any atom is 0.124 e. The van der Waals surface area contributed by atoms with Crippen LogP contribution < -0.4 is 4.74 Å². The van der Waals surface area contributed by atoms with Crippen LogP contribution in [-0.2, 0) is 12.5 Å². The normalized spacial score (nSPS) is 10.4. The Bertz CT molecular complexity index is 543. The van der Waals surface area contributed by atoms with Gasteiger partial charge in [0.25, 0.3) is 0 Å². The number of benzene rings is 2. The molecule has 0 aliphatic carbocycles. The standard InChI is InChI=1S/C14H11BrCl2O/c15-12-6-5-11(13(17)7-12)9-18-14-4-2-1-3-10(14)8-16/h1-7H,8-9H2. The van der Waals surface area contributed by atoms with Gasteiger partial charge in [0.05, 0.1) is 5.88 Å². The van der Waals surface area contributed by atoms with Gasteiger partial charge in [-0.3, -0.25) is 0 Å². The van der Waals surface area contributed by atoms with Gasteiger partial charge in [-0.1, -0.05) is 51.8 Å². The minimum Gasteiger partial charge on any atom is -0.489 e. The zero-order chi connectivity index (χ0) is 13.0. The average Bonchev–Trinajstić information content (AvgIpc) is 2.38. The molecule has 0 spiro atoms. The van der Waals surface area contributed by atoms with Crippen LogP contribution in [0.25, 0.3) is 0 Å². The molecule has 4 heteroatoms. The summed E-state index contributed by atoms with van der Waals surface area (Å²) in [4.78, 5) is 0. The van der Waals surface area contributed by atoms with E-state index in [4.69, 9.17) is 27.9 Å². The molecule has 0 amide bonds. The second kappa shape index (κ2) is 6.46. The van der Waals surface area contributed by atoms with Gasteiger partial charge < -0.3 is 4.74 Å². The van der Waals surface area contributed by atoms with Crippen molar-refractivity contribution in [1.82, 2.24) is 0 Å². The van der Waals surface area contributed by atoms with Gasteiger partial charge >= 0.3 is 0 Å². The molecule has 2 rings (SSSR count). The van der Waals surface area contributed by atoms with Crippen LogP contribution in [0.5, 0.6) is 5.75 Å². The fourth-order valence-corrected chi connectivity index (χ4v) is 2.50. The summed E-state index contributed by atoms with van der Waals surface area (Å²) in [7, 11) is 0. The summed E-state index contributed by atoms with van der Waals surface area (Å²) in [5.41, 5.74) is 1.93. The van der Waals surface area contributed by atoms with Gasteiger partial charge in [-0.2, -0.15) is 0 Å². The van der Waals surface area contributed by atoms with Crippen molar-refractivity contribution in [3.8, 4) is 5.75 Å². The third-order valence-corrected chi connectivity index (χ3v) is 3.65. The molecule has 0 aromatic heterocycles. The van der Waals surface area contributed by atoms with E-state index in [1.54, 1.807) is 0 Å². The van der Waals surface area contributed by atoms with Crippen molar-refractivity contribution in [2.75, 3.05) is 0 Å². The third kappa shape index (κ3) is 3.41. The molecule has 0 atom stereocenters. The lowest BCUT2D eigenvalue weighted by Gasteiger charge is -2.10. The Morgan fingerprint density at radius 2 is 1.83 bits per heavy atom. The van der Waals surface area contributed by atoms with E-state index < -0.39 is 0 Å². The number of hydrogen-bond acceptors (Lipinski definition) is 1. The molecule has 0 saturated carbocycles. The maximum atomic E-state index is 6.13. The topological polar surface area (TPSA) is 9.23 Å². The van der Waals surface area contributed by atoms with Gasteiger partial charge in [0.1, 0.15) is 12.4 Å². The number of ether oxygens (including phenoxy) is 1. The lowest BCUT2D eigenvalue weighted by atomic mass is 10.2. The Labute approximate surface area is 125 Å². The van der Waals surface area contributed by atoms with E-state index in [1.807, 2.05) is 42.5 Å². The zero-order valence-electron chi connectivity index (χ0n) is 9.50. The van der Waals surface area contributed by atoms with E-state index >= 15 is 0 Å². The molecule has 0 fully saturated rings. The lowest BCUT2D eigenvalue weighted by Crippen LogP contribution is -1.98. The first-order valence-electron chi connectivity index (χ1n) is 5.41. The summed E-state index contributed by atoms with van der Waals surface area (Å²) in [6.07, 6.45) is 0. The number of halogens is 3. The highest BCUT2D eigenvalue weighted by atomic mass is 79.9. The average molecular weight is 346 g/mol. The molecule has 0 bridgehead atoms. The maximum absolute atomic E-state index is 6.13. The quantitative estimate of drug-likeness (QED) is 0.672. The molecule has 1 nitrogen and oxygen atoms in total. The predicted octanol–water partition coefficient (Wildman–Crippen LogP) is 5.42. The van der Waals surface area contributed by atoms with Crippen LogP contribution in [0.1, 0.15) is 11.1 Å². The fourth-order valence-electron chi connectivity index (χ4n) is 1.55. The van der Waals surface area contributed by atoms with Crippen LogP contribution in [0.3, 0.4) is 0 Å². The molecule has 94 valence electrons. The van der Waals surface area contributed by atoms with Gasteiger partial charge in [-0.25, -0.2) is 0 Å². The molecular formula is C14H11BrCl2O. The van der Waals surface area contributed by atoms with Gasteiger partial charge in [-0.15, -0.1) is 11.6 Å². The van der Waals surface area contributed by atoms with E-state index in [0.29, 0.717) is 17.5 Å². The molecule has 18 heavy (non-hydrogen) atoms. The van der Waals surface area contributed by atoms with E-state index in [2.05, 4.69) is 15.9 Å². The van der Waals surface area contributed by atoms with Crippen LogP contribution in [0, 0.1) is 0 Å². The second-order valence-electron chi connectivity index (χ2n) is 3.77. The number of hydrogen-bond donors (Lipinski definition) is 0. The van der Waals surface area contributed by atoms with E-state index in [0.717, 1.165) is 21.3 Å². The predicted molar refractivity (Wildman–Crippen MR) is 79.5 cm³/mol. The largest absolute Gasteiger partial charge is 0.489 e. The van der Waals surface area contributed by atoms with Crippen molar-refractivity contribution in [3.63, 3.8) is 0 Å². The van der Waals surface area contributed by atoms with E-state index in [1.165, 1.54) is 0 Å². The highest BCUT2D eigenvalue weighted by Gasteiger charge is 2.05. The van der Waals surface area contributed by atoms with Crippen molar-refractivity contribution in [3.05, 3.63) is 63.1 Å². The minimum atomic E-state index is 0.431. The van der Waals surface area contributed by atoms with Gasteiger partial charge in [0.15, 0.2) is 0 Å². The Morgan fingerprint density at radius 1 is 1.06 bits per heavy atom. The van der Waals surface area contributed by atoms with Crippen molar-refractivity contribution in [1.29, 1.82) is 0 Å². The molecule has 0 N–H and O–H groups in total. The Kier molecular flexibility index (Phi) is 4.93. The smallest absolute Gasteiger partial charge is 0.124 e.